The van der Waals surface area contributed by atoms with E-state index in [1.165, 1.54) is 0 Å². The summed E-state index contributed by atoms with van der Waals surface area (Å²) >= 11 is 5.94. The smallest absolute Gasteiger partial charge is 0.137 e. The minimum absolute atomic E-state index is 0. The van der Waals surface area contributed by atoms with Gasteiger partial charge in [0.1, 0.15) is 5.65 Å². The summed E-state index contributed by atoms with van der Waals surface area (Å²) in [5, 5.41) is 0.727. The third-order valence-electron chi connectivity index (χ3n) is 3.16. The van der Waals surface area contributed by atoms with Crippen LogP contribution in [0, 0.1) is 0 Å². The monoisotopic (exact) mass is 286 g/mol. The number of pyridine rings is 1. The lowest BCUT2D eigenvalue weighted by molar-refractivity contribution is 0.323. The van der Waals surface area contributed by atoms with Gasteiger partial charge in [-0.15, -0.1) is 12.4 Å². The van der Waals surface area contributed by atoms with Crippen molar-refractivity contribution in [3.8, 4) is 0 Å². The van der Waals surface area contributed by atoms with Crippen molar-refractivity contribution in [2.45, 2.75) is 19.0 Å². The number of hydrogen-bond donors (Lipinski definition) is 1. The minimum atomic E-state index is 0. The van der Waals surface area contributed by atoms with E-state index >= 15 is 0 Å². The predicted molar refractivity (Wildman–Crippen MR) is 75.3 cm³/mol. The van der Waals surface area contributed by atoms with E-state index in [0.29, 0.717) is 6.04 Å². The molecule has 6 heteroatoms. The number of rotatable bonds is 2. The van der Waals surface area contributed by atoms with Crippen LogP contribution in [0.4, 0.5) is 0 Å². The van der Waals surface area contributed by atoms with Crippen LogP contribution in [-0.2, 0) is 6.54 Å². The summed E-state index contributed by atoms with van der Waals surface area (Å²) in [6.07, 6.45) is 4.99. The fourth-order valence-electron chi connectivity index (χ4n) is 2.33. The van der Waals surface area contributed by atoms with Crippen LogP contribution < -0.4 is 5.73 Å². The minimum Gasteiger partial charge on any atom is -0.326 e. The molecule has 0 spiro atoms. The van der Waals surface area contributed by atoms with Crippen LogP contribution in [0.3, 0.4) is 0 Å². The van der Waals surface area contributed by atoms with Gasteiger partial charge in [0.15, 0.2) is 0 Å². The van der Waals surface area contributed by atoms with E-state index in [1.54, 1.807) is 0 Å². The van der Waals surface area contributed by atoms with E-state index in [2.05, 4.69) is 9.88 Å². The van der Waals surface area contributed by atoms with Crippen LogP contribution in [0.1, 0.15) is 12.1 Å². The first-order valence-corrected chi connectivity index (χ1v) is 6.19. The van der Waals surface area contributed by atoms with E-state index < -0.39 is 0 Å². The Morgan fingerprint density at radius 3 is 2.94 bits per heavy atom. The van der Waals surface area contributed by atoms with E-state index in [0.717, 1.165) is 42.4 Å². The molecule has 18 heavy (non-hydrogen) atoms. The molecule has 2 aromatic rings. The van der Waals surface area contributed by atoms with Crippen molar-refractivity contribution in [3.63, 3.8) is 0 Å². The van der Waals surface area contributed by atoms with Crippen molar-refractivity contribution < 1.29 is 0 Å². The highest BCUT2D eigenvalue weighted by atomic mass is 35.5. The first kappa shape index (κ1) is 13.6. The Morgan fingerprint density at radius 2 is 2.22 bits per heavy atom. The number of likely N-dealkylation sites (tertiary alicyclic amines) is 1. The second-order valence-electron chi connectivity index (χ2n) is 4.63. The van der Waals surface area contributed by atoms with E-state index in [1.807, 2.05) is 28.9 Å². The predicted octanol–water partition coefficient (Wildman–Crippen LogP) is 1.94. The quantitative estimate of drug-likeness (QED) is 0.918. The van der Waals surface area contributed by atoms with Crippen LogP contribution in [-0.4, -0.2) is 33.4 Å². The molecular weight excluding hydrogens is 271 g/mol. The summed E-state index contributed by atoms with van der Waals surface area (Å²) < 4.78 is 1.97. The van der Waals surface area contributed by atoms with Crippen molar-refractivity contribution in [1.29, 1.82) is 0 Å². The molecule has 2 N–H and O–H groups in total. The van der Waals surface area contributed by atoms with Gasteiger partial charge in [-0.1, -0.05) is 11.6 Å². The molecule has 0 amide bonds. The van der Waals surface area contributed by atoms with Crippen molar-refractivity contribution in [1.82, 2.24) is 14.3 Å². The molecule has 2 aromatic heterocycles. The van der Waals surface area contributed by atoms with Gasteiger partial charge >= 0.3 is 0 Å². The number of halogens is 2. The van der Waals surface area contributed by atoms with Gasteiger partial charge < -0.3 is 10.1 Å². The number of aromatic nitrogens is 2. The van der Waals surface area contributed by atoms with Crippen LogP contribution in [0.15, 0.2) is 24.5 Å². The molecule has 3 heterocycles. The highest BCUT2D eigenvalue weighted by Crippen LogP contribution is 2.15. The summed E-state index contributed by atoms with van der Waals surface area (Å²) in [5.41, 5.74) is 7.90. The summed E-state index contributed by atoms with van der Waals surface area (Å²) in [4.78, 5) is 6.91. The van der Waals surface area contributed by atoms with Crippen molar-refractivity contribution in [3.05, 3.63) is 35.2 Å². The topological polar surface area (TPSA) is 46.6 Å². The molecule has 0 radical (unpaired) electrons. The van der Waals surface area contributed by atoms with Gasteiger partial charge in [-0.25, -0.2) is 4.98 Å². The molecule has 0 unspecified atom stereocenters. The van der Waals surface area contributed by atoms with E-state index in [4.69, 9.17) is 17.3 Å². The maximum atomic E-state index is 5.94. The number of nitrogens with zero attached hydrogens (tertiary/aromatic N) is 3. The van der Waals surface area contributed by atoms with Gasteiger partial charge in [-0.3, -0.25) is 4.90 Å². The van der Waals surface area contributed by atoms with Gasteiger partial charge in [0, 0.05) is 38.1 Å². The first-order chi connectivity index (χ1) is 8.20. The Labute approximate surface area is 117 Å². The molecule has 0 bridgehead atoms. The normalized spacial score (nSPS) is 20.2. The Balaban J connectivity index is 0.00000120. The Hall–Kier alpha value is -0.810. The van der Waals surface area contributed by atoms with Gasteiger partial charge in [-0.2, -0.15) is 0 Å². The van der Waals surface area contributed by atoms with Crippen molar-refractivity contribution in [2.24, 2.45) is 5.73 Å². The van der Waals surface area contributed by atoms with Crippen LogP contribution in [0.2, 0.25) is 5.02 Å². The Bertz CT molecular complexity index is 540. The maximum Gasteiger partial charge on any atom is 0.137 e. The lowest BCUT2D eigenvalue weighted by Gasteiger charge is -2.12. The van der Waals surface area contributed by atoms with Crippen molar-refractivity contribution in [2.75, 3.05) is 13.1 Å². The summed E-state index contributed by atoms with van der Waals surface area (Å²) in [6.45, 7) is 2.90. The third kappa shape index (κ3) is 2.78. The molecule has 1 aliphatic rings. The van der Waals surface area contributed by atoms with Gasteiger partial charge in [0.2, 0.25) is 0 Å². The Kier molecular flexibility index (Phi) is 4.12. The molecular formula is C12H16Cl2N4. The molecule has 0 aliphatic carbocycles. The second kappa shape index (κ2) is 5.45. The average Bonchev–Trinajstić information content (AvgIpc) is 2.84. The van der Waals surface area contributed by atoms with Gasteiger partial charge in [-0.05, 0) is 18.6 Å². The van der Waals surface area contributed by atoms with Crippen molar-refractivity contribution >= 4 is 29.7 Å². The highest BCUT2D eigenvalue weighted by molar-refractivity contribution is 6.30. The lowest BCUT2D eigenvalue weighted by Crippen LogP contribution is -2.26. The molecule has 4 nitrogen and oxygen atoms in total. The highest BCUT2D eigenvalue weighted by Gasteiger charge is 2.19. The number of nitrogens with two attached hydrogens (primary N) is 1. The number of imidazole rings is 1. The Morgan fingerprint density at radius 1 is 1.39 bits per heavy atom. The fourth-order valence-corrected chi connectivity index (χ4v) is 2.50. The fraction of sp³-hybridized carbons (Fsp3) is 0.417. The van der Waals surface area contributed by atoms with Crippen LogP contribution in [0.25, 0.3) is 5.65 Å². The van der Waals surface area contributed by atoms with Gasteiger partial charge in [0.25, 0.3) is 0 Å². The summed E-state index contributed by atoms with van der Waals surface area (Å²) in [7, 11) is 0. The largest absolute Gasteiger partial charge is 0.326 e. The van der Waals surface area contributed by atoms with E-state index in [9.17, 15) is 0 Å². The second-order valence-corrected chi connectivity index (χ2v) is 5.07. The standard InChI is InChI=1S/C12H15ClN4.ClH/c13-9-1-2-12-15-11(8-17(12)5-9)7-16-4-3-10(14)6-16;/h1-2,5,8,10H,3-4,6-7,14H2;1H/t10-;/m0./s1. The molecule has 1 fully saturated rings. The van der Waals surface area contributed by atoms with Crippen LogP contribution in [0.5, 0.6) is 0 Å². The molecule has 3 rings (SSSR count). The molecule has 1 atom stereocenters. The summed E-state index contributed by atoms with van der Waals surface area (Å²) in [5.74, 6) is 0. The number of hydrogen-bond acceptors (Lipinski definition) is 3. The third-order valence-corrected chi connectivity index (χ3v) is 3.38. The molecule has 98 valence electrons. The zero-order valence-electron chi connectivity index (χ0n) is 9.92. The summed E-state index contributed by atoms with van der Waals surface area (Å²) in [6, 6.07) is 4.11. The average molecular weight is 287 g/mol. The molecule has 1 saturated heterocycles. The SMILES string of the molecule is Cl.N[C@H]1CCN(Cc2cn3cc(Cl)ccc3n2)C1. The number of fused-ring (bicyclic) bond motifs is 1. The van der Waals surface area contributed by atoms with Crippen LogP contribution >= 0.6 is 24.0 Å². The zero-order valence-corrected chi connectivity index (χ0v) is 11.5. The molecule has 0 aromatic carbocycles. The molecule has 1 aliphatic heterocycles. The van der Waals surface area contributed by atoms with Gasteiger partial charge in [0.05, 0.1) is 10.7 Å². The zero-order chi connectivity index (χ0) is 11.8. The maximum absolute atomic E-state index is 5.94. The lowest BCUT2D eigenvalue weighted by atomic mass is 10.3. The first-order valence-electron chi connectivity index (χ1n) is 5.82. The molecule has 0 saturated carbocycles. The van der Waals surface area contributed by atoms with E-state index in [-0.39, 0.29) is 12.4 Å².